The number of rotatable bonds is 6. The minimum atomic E-state index is 0.615. The Kier molecular flexibility index (Phi) is 7.62. The van der Waals surface area contributed by atoms with Crippen LogP contribution in [0.1, 0.15) is 0 Å². The number of fused-ring (bicyclic) bond motifs is 4. The number of nitrogens with zero attached hydrogens (tertiary/aromatic N) is 2. The number of aromatic nitrogens is 1. The number of hydrogen-bond acceptors (Lipinski definition) is 1. The van der Waals surface area contributed by atoms with Gasteiger partial charge in [-0.1, -0.05) is 132 Å². The smallest absolute Gasteiger partial charge is 0.0542 e. The molecule has 0 unspecified atom stereocenters. The molecule has 8 aromatic carbocycles. The highest BCUT2D eigenvalue weighted by molar-refractivity contribution is 6.35. The minimum absolute atomic E-state index is 0.615. The third-order valence-electron chi connectivity index (χ3n) is 9.47. The molecule has 9 rings (SSSR count). The zero-order valence-electron chi connectivity index (χ0n) is 27.0. The maximum Gasteiger partial charge on any atom is 0.0542 e. The van der Waals surface area contributed by atoms with Crippen molar-refractivity contribution in [1.82, 2.24) is 4.57 Å². The lowest BCUT2D eigenvalue weighted by Crippen LogP contribution is -2.10. The predicted molar refractivity (Wildman–Crippen MR) is 214 cm³/mol. The molecular formula is C46H30Cl2N2. The number of benzene rings is 8. The fraction of sp³-hybridized carbons (Fsp3) is 0. The van der Waals surface area contributed by atoms with Crippen LogP contribution in [0.2, 0.25) is 10.0 Å². The van der Waals surface area contributed by atoms with Crippen molar-refractivity contribution in [3.63, 3.8) is 0 Å². The standard InChI is InChI=1S/C46H30Cl2N2/c47-34-27-33(28-35(48)29-34)39-16-9-18-41-40(39)17-10-20-44(41)49(37-23-21-32(22-24-37)31-11-3-1-4-12-31)38-25-26-46-43(30-38)42-15-7-8-19-45(42)50(46)36-13-5-2-6-14-36/h1-30H. The summed E-state index contributed by atoms with van der Waals surface area (Å²) in [7, 11) is 0. The van der Waals surface area contributed by atoms with E-state index in [0.29, 0.717) is 10.0 Å². The molecule has 50 heavy (non-hydrogen) atoms. The van der Waals surface area contributed by atoms with Gasteiger partial charge in [-0.2, -0.15) is 0 Å². The lowest BCUT2D eigenvalue weighted by Gasteiger charge is -2.27. The van der Waals surface area contributed by atoms with Gasteiger partial charge in [-0.25, -0.2) is 0 Å². The monoisotopic (exact) mass is 680 g/mol. The average molecular weight is 682 g/mol. The SMILES string of the molecule is Clc1cc(Cl)cc(-c2cccc3c(N(c4ccc(-c5ccccc5)cc4)c4ccc5c(c4)c4ccccc4n5-c4ccccc4)cccc23)c1. The quantitative estimate of drug-likeness (QED) is 0.170. The summed E-state index contributed by atoms with van der Waals surface area (Å²) < 4.78 is 2.35. The van der Waals surface area contributed by atoms with Gasteiger partial charge in [0.1, 0.15) is 0 Å². The van der Waals surface area contributed by atoms with Crippen molar-refractivity contribution in [3.8, 4) is 27.9 Å². The van der Waals surface area contributed by atoms with Gasteiger partial charge in [0.2, 0.25) is 0 Å². The molecule has 1 aromatic heterocycles. The summed E-state index contributed by atoms with van der Waals surface area (Å²) in [5, 5.41) is 5.89. The maximum absolute atomic E-state index is 6.49. The molecule has 238 valence electrons. The molecule has 0 spiro atoms. The van der Waals surface area contributed by atoms with E-state index in [0.717, 1.165) is 44.6 Å². The molecule has 2 nitrogen and oxygen atoms in total. The van der Waals surface area contributed by atoms with Gasteiger partial charge in [0.25, 0.3) is 0 Å². The van der Waals surface area contributed by atoms with E-state index in [4.69, 9.17) is 23.2 Å². The average Bonchev–Trinajstić information content (AvgIpc) is 3.49. The lowest BCUT2D eigenvalue weighted by molar-refractivity contribution is 1.18. The second-order valence-corrected chi connectivity index (χ2v) is 13.3. The molecule has 0 saturated carbocycles. The van der Waals surface area contributed by atoms with E-state index in [9.17, 15) is 0 Å². The van der Waals surface area contributed by atoms with Gasteiger partial charge in [0, 0.05) is 43.3 Å². The Morgan fingerprint density at radius 1 is 0.380 bits per heavy atom. The number of hydrogen-bond donors (Lipinski definition) is 0. The maximum atomic E-state index is 6.49. The summed E-state index contributed by atoms with van der Waals surface area (Å²) in [4.78, 5) is 2.37. The molecular weight excluding hydrogens is 651 g/mol. The fourth-order valence-corrected chi connectivity index (χ4v) is 7.79. The number of para-hydroxylation sites is 2. The lowest BCUT2D eigenvalue weighted by atomic mass is 9.96. The second kappa shape index (κ2) is 12.6. The molecule has 0 amide bonds. The largest absolute Gasteiger partial charge is 0.310 e. The van der Waals surface area contributed by atoms with Crippen LogP contribution in [0.4, 0.5) is 17.1 Å². The molecule has 0 saturated heterocycles. The zero-order valence-corrected chi connectivity index (χ0v) is 28.5. The molecule has 0 fully saturated rings. The van der Waals surface area contributed by atoms with Crippen molar-refractivity contribution in [2.75, 3.05) is 4.90 Å². The van der Waals surface area contributed by atoms with E-state index < -0.39 is 0 Å². The highest BCUT2D eigenvalue weighted by Crippen LogP contribution is 2.44. The summed E-state index contributed by atoms with van der Waals surface area (Å²) in [5.74, 6) is 0. The Morgan fingerprint density at radius 3 is 1.76 bits per heavy atom. The van der Waals surface area contributed by atoms with Crippen LogP contribution in [0.15, 0.2) is 182 Å². The van der Waals surface area contributed by atoms with Crippen molar-refractivity contribution in [2.24, 2.45) is 0 Å². The van der Waals surface area contributed by atoms with Crippen molar-refractivity contribution in [1.29, 1.82) is 0 Å². The highest BCUT2D eigenvalue weighted by Gasteiger charge is 2.20. The van der Waals surface area contributed by atoms with Crippen LogP contribution in [0.25, 0.3) is 60.5 Å². The van der Waals surface area contributed by atoms with Crippen LogP contribution in [0, 0.1) is 0 Å². The van der Waals surface area contributed by atoms with Crippen LogP contribution < -0.4 is 4.90 Å². The first kappa shape index (κ1) is 30.3. The normalized spacial score (nSPS) is 11.4. The molecule has 0 aliphatic rings. The Labute approximate surface area is 301 Å². The Bertz CT molecular complexity index is 2640. The van der Waals surface area contributed by atoms with Gasteiger partial charge in [-0.15, -0.1) is 0 Å². The Balaban J connectivity index is 1.28. The number of halogens is 2. The van der Waals surface area contributed by atoms with Gasteiger partial charge >= 0.3 is 0 Å². The van der Waals surface area contributed by atoms with Gasteiger partial charge in [0.05, 0.1) is 16.7 Å². The molecule has 0 radical (unpaired) electrons. The van der Waals surface area contributed by atoms with E-state index in [2.05, 4.69) is 173 Å². The predicted octanol–water partition coefficient (Wildman–Crippen LogP) is 14.0. The molecule has 0 bridgehead atoms. The van der Waals surface area contributed by atoms with E-state index in [1.54, 1.807) is 6.07 Å². The Morgan fingerprint density at radius 2 is 0.980 bits per heavy atom. The van der Waals surface area contributed by atoms with Crippen molar-refractivity contribution >= 4 is 72.8 Å². The van der Waals surface area contributed by atoms with Crippen LogP contribution in [0.5, 0.6) is 0 Å². The zero-order chi connectivity index (χ0) is 33.6. The van der Waals surface area contributed by atoms with Crippen LogP contribution in [-0.4, -0.2) is 4.57 Å². The van der Waals surface area contributed by atoms with Crippen molar-refractivity contribution in [3.05, 3.63) is 192 Å². The molecule has 9 aromatic rings. The van der Waals surface area contributed by atoms with Crippen LogP contribution in [0.3, 0.4) is 0 Å². The third-order valence-corrected chi connectivity index (χ3v) is 9.91. The van der Waals surface area contributed by atoms with Crippen LogP contribution >= 0.6 is 23.2 Å². The highest BCUT2D eigenvalue weighted by atomic mass is 35.5. The molecule has 4 heteroatoms. The topological polar surface area (TPSA) is 8.17 Å². The van der Waals surface area contributed by atoms with E-state index >= 15 is 0 Å². The van der Waals surface area contributed by atoms with Gasteiger partial charge in [-0.3, -0.25) is 0 Å². The molecule has 0 atom stereocenters. The summed E-state index contributed by atoms with van der Waals surface area (Å²) in [6, 6.07) is 64.2. The minimum Gasteiger partial charge on any atom is -0.310 e. The van der Waals surface area contributed by atoms with Crippen molar-refractivity contribution < 1.29 is 0 Å². The molecule has 0 aliphatic carbocycles. The van der Waals surface area contributed by atoms with Crippen molar-refractivity contribution in [2.45, 2.75) is 0 Å². The van der Waals surface area contributed by atoms with Gasteiger partial charge < -0.3 is 9.47 Å². The van der Waals surface area contributed by atoms with Gasteiger partial charge in [-0.05, 0) is 100 Å². The van der Waals surface area contributed by atoms with E-state index in [-0.39, 0.29) is 0 Å². The Hall–Kier alpha value is -5.80. The van der Waals surface area contributed by atoms with Gasteiger partial charge in [0.15, 0.2) is 0 Å². The first-order valence-electron chi connectivity index (χ1n) is 16.6. The fourth-order valence-electron chi connectivity index (χ4n) is 7.27. The molecule has 0 N–H and O–H groups in total. The first-order chi connectivity index (χ1) is 24.6. The summed E-state index contributed by atoms with van der Waals surface area (Å²) in [5.41, 5.74) is 11.1. The summed E-state index contributed by atoms with van der Waals surface area (Å²) in [6.45, 7) is 0. The van der Waals surface area contributed by atoms with E-state index in [1.807, 2.05) is 12.1 Å². The molecule has 1 heterocycles. The van der Waals surface area contributed by atoms with Crippen LogP contribution in [-0.2, 0) is 0 Å². The summed E-state index contributed by atoms with van der Waals surface area (Å²) in [6.07, 6.45) is 0. The molecule has 0 aliphatic heterocycles. The second-order valence-electron chi connectivity index (χ2n) is 12.5. The number of anilines is 3. The first-order valence-corrected chi connectivity index (χ1v) is 17.4. The third kappa shape index (κ3) is 5.31. The van der Waals surface area contributed by atoms with E-state index in [1.165, 1.54) is 32.9 Å². The summed E-state index contributed by atoms with van der Waals surface area (Å²) >= 11 is 13.0.